The lowest BCUT2D eigenvalue weighted by molar-refractivity contribution is -0.121. The van der Waals surface area contributed by atoms with Gasteiger partial charge in [-0.3, -0.25) is 0 Å². The molecule has 5 nitrogen and oxygen atoms in total. The normalized spacial score (nSPS) is 23.8. The Morgan fingerprint density at radius 2 is 2.00 bits per heavy atom. The molecule has 0 amide bonds. The van der Waals surface area contributed by atoms with Crippen LogP contribution in [0, 0.1) is 18.7 Å². The molecule has 1 spiro atoms. The van der Waals surface area contributed by atoms with Gasteiger partial charge in [0.2, 0.25) is 10.0 Å². The first-order chi connectivity index (χ1) is 12.7. The zero-order chi connectivity index (χ0) is 19.7. The number of aryl methyl sites for hydroxylation is 1. The van der Waals surface area contributed by atoms with E-state index < -0.39 is 15.8 Å². The van der Waals surface area contributed by atoms with Crippen LogP contribution < -0.4 is 0 Å². The fourth-order valence-electron chi connectivity index (χ4n) is 4.29. The maximum atomic E-state index is 13.6. The molecule has 2 saturated heterocycles. The second-order valence-electron chi connectivity index (χ2n) is 8.30. The quantitative estimate of drug-likeness (QED) is 0.765. The molecule has 0 radical (unpaired) electrons. The standard InChI is InChI=1S/C20H31FN2O3S/c1-16-4-5-18(21)14-19(16)27(24,25)23-11-8-20(9-12-23)15-17(7-13-26-20)6-10-22(2)3/h4-5,14,17H,6-13,15H2,1-3H3. The molecule has 27 heavy (non-hydrogen) atoms. The first kappa shape index (κ1) is 20.7. The van der Waals surface area contributed by atoms with Crippen LogP contribution in [0.15, 0.2) is 23.1 Å². The van der Waals surface area contributed by atoms with E-state index in [9.17, 15) is 12.8 Å². The number of ether oxygens (including phenoxy) is 1. The van der Waals surface area contributed by atoms with E-state index in [1.807, 2.05) is 0 Å². The third kappa shape index (κ3) is 4.70. The summed E-state index contributed by atoms with van der Waals surface area (Å²) >= 11 is 0. The van der Waals surface area contributed by atoms with Crippen LogP contribution in [-0.2, 0) is 14.8 Å². The van der Waals surface area contributed by atoms with Crippen LogP contribution in [0.4, 0.5) is 4.39 Å². The summed E-state index contributed by atoms with van der Waals surface area (Å²) in [6, 6.07) is 3.94. The first-order valence-corrected chi connectivity index (χ1v) is 11.2. The van der Waals surface area contributed by atoms with Crippen molar-refractivity contribution in [2.75, 3.05) is 40.3 Å². The Hall–Kier alpha value is -1.02. The lowest BCUT2D eigenvalue weighted by Gasteiger charge is -2.46. The van der Waals surface area contributed by atoms with E-state index in [1.165, 1.54) is 16.4 Å². The molecule has 0 aromatic heterocycles. The molecule has 3 rings (SSSR count). The maximum absolute atomic E-state index is 13.6. The molecule has 2 fully saturated rings. The van der Waals surface area contributed by atoms with Crippen molar-refractivity contribution in [3.63, 3.8) is 0 Å². The Morgan fingerprint density at radius 1 is 1.30 bits per heavy atom. The average Bonchev–Trinajstić information content (AvgIpc) is 2.62. The van der Waals surface area contributed by atoms with E-state index in [2.05, 4.69) is 19.0 Å². The van der Waals surface area contributed by atoms with Gasteiger partial charge >= 0.3 is 0 Å². The minimum atomic E-state index is -3.67. The van der Waals surface area contributed by atoms with Gasteiger partial charge in [-0.15, -0.1) is 0 Å². The van der Waals surface area contributed by atoms with Crippen LogP contribution in [0.1, 0.15) is 37.7 Å². The Morgan fingerprint density at radius 3 is 2.67 bits per heavy atom. The molecule has 2 aliphatic rings. The molecule has 2 aliphatic heterocycles. The van der Waals surface area contributed by atoms with Gasteiger partial charge in [0.25, 0.3) is 0 Å². The number of piperidine rings is 1. The molecule has 2 heterocycles. The van der Waals surface area contributed by atoms with Gasteiger partial charge in [0.15, 0.2) is 0 Å². The van der Waals surface area contributed by atoms with E-state index in [0.29, 0.717) is 37.4 Å². The number of halogens is 1. The molecule has 1 aromatic carbocycles. The smallest absolute Gasteiger partial charge is 0.243 e. The predicted molar refractivity (Wildman–Crippen MR) is 104 cm³/mol. The molecule has 0 saturated carbocycles. The monoisotopic (exact) mass is 398 g/mol. The average molecular weight is 399 g/mol. The van der Waals surface area contributed by atoms with Gasteiger partial charge in [-0.25, -0.2) is 12.8 Å². The molecule has 152 valence electrons. The molecular formula is C20H31FN2O3S. The molecule has 0 bridgehead atoms. The van der Waals surface area contributed by atoms with Crippen molar-refractivity contribution in [2.24, 2.45) is 5.92 Å². The second kappa shape index (κ2) is 8.15. The fourth-order valence-corrected chi connectivity index (χ4v) is 5.97. The van der Waals surface area contributed by atoms with Crippen LogP contribution in [0.3, 0.4) is 0 Å². The van der Waals surface area contributed by atoms with Gasteiger partial charge in [-0.1, -0.05) is 6.07 Å². The highest BCUT2D eigenvalue weighted by molar-refractivity contribution is 7.89. The van der Waals surface area contributed by atoms with Gasteiger partial charge in [-0.05, 0) is 83.3 Å². The summed E-state index contributed by atoms with van der Waals surface area (Å²) in [5.41, 5.74) is 0.382. The zero-order valence-corrected chi connectivity index (χ0v) is 17.4. The summed E-state index contributed by atoms with van der Waals surface area (Å²) in [6.07, 6.45) is 4.66. The van der Waals surface area contributed by atoms with Crippen LogP contribution in [-0.4, -0.2) is 63.6 Å². The summed E-state index contributed by atoms with van der Waals surface area (Å²) in [7, 11) is 0.506. The molecule has 1 atom stereocenters. The highest BCUT2D eigenvalue weighted by atomic mass is 32.2. The van der Waals surface area contributed by atoms with Gasteiger partial charge in [0.1, 0.15) is 5.82 Å². The van der Waals surface area contributed by atoms with E-state index in [-0.39, 0.29) is 10.5 Å². The van der Waals surface area contributed by atoms with E-state index >= 15 is 0 Å². The summed E-state index contributed by atoms with van der Waals surface area (Å²) in [5.74, 6) is 0.113. The van der Waals surface area contributed by atoms with Gasteiger partial charge in [0, 0.05) is 19.7 Å². The molecular weight excluding hydrogens is 367 g/mol. The van der Waals surface area contributed by atoms with Crippen molar-refractivity contribution in [3.05, 3.63) is 29.6 Å². The topological polar surface area (TPSA) is 49.9 Å². The van der Waals surface area contributed by atoms with Gasteiger partial charge in [-0.2, -0.15) is 4.31 Å². The van der Waals surface area contributed by atoms with E-state index in [1.54, 1.807) is 6.92 Å². The van der Waals surface area contributed by atoms with Gasteiger partial charge in [0.05, 0.1) is 10.5 Å². The Bertz CT molecular complexity index is 758. The van der Waals surface area contributed by atoms with Crippen molar-refractivity contribution < 1.29 is 17.5 Å². The third-order valence-electron chi connectivity index (χ3n) is 5.98. The Kier molecular flexibility index (Phi) is 6.25. The number of sulfonamides is 1. The number of rotatable bonds is 5. The number of nitrogens with zero attached hydrogens (tertiary/aromatic N) is 2. The Balaban J connectivity index is 1.66. The molecule has 1 unspecified atom stereocenters. The van der Waals surface area contributed by atoms with Crippen molar-refractivity contribution >= 4 is 10.0 Å². The number of benzene rings is 1. The SMILES string of the molecule is Cc1ccc(F)cc1S(=O)(=O)N1CCC2(CC1)CC(CCN(C)C)CCO2. The lowest BCUT2D eigenvalue weighted by atomic mass is 9.78. The molecule has 1 aromatic rings. The van der Waals surface area contributed by atoms with Gasteiger partial charge < -0.3 is 9.64 Å². The van der Waals surface area contributed by atoms with Crippen LogP contribution in [0.5, 0.6) is 0 Å². The summed E-state index contributed by atoms with van der Waals surface area (Å²) < 4.78 is 47.2. The van der Waals surface area contributed by atoms with Crippen molar-refractivity contribution in [1.82, 2.24) is 9.21 Å². The number of hydrogen-bond donors (Lipinski definition) is 0. The highest BCUT2D eigenvalue weighted by Gasteiger charge is 2.42. The van der Waals surface area contributed by atoms with Crippen molar-refractivity contribution in [2.45, 2.75) is 49.5 Å². The maximum Gasteiger partial charge on any atom is 0.243 e. The largest absolute Gasteiger partial charge is 0.375 e. The summed E-state index contributed by atoms with van der Waals surface area (Å²) in [5, 5.41) is 0. The minimum Gasteiger partial charge on any atom is -0.375 e. The summed E-state index contributed by atoms with van der Waals surface area (Å²) in [6.45, 7) is 4.39. The molecule has 7 heteroatoms. The van der Waals surface area contributed by atoms with E-state index in [4.69, 9.17) is 4.74 Å². The fraction of sp³-hybridized carbons (Fsp3) is 0.700. The predicted octanol–water partition coefficient (Wildman–Crippen LogP) is 3.04. The van der Waals surface area contributed by atoms with Crippen molar-refractivity contribution in [1.29, 1.82) is 0 Å². The zero-order valence-electron chi connectivity index (χ0n) is 16.6. The van der Waals surface area contributed by atoms with Crippen molar-refractivity contribution in [3.8, 4) is 0 Å². The lowest BCUT2D eigenvalue weighted by Crippen LogP contribution is -2.51. The number of hydrogen-bond acceptors (Lipinski definition) is 4. The van der Waals surface area contributed by atoms with Crippen LogP contribution in [0.25, 0.3) is 0 Å². The molecule has 0 aliphatic carbocycles. The minimum absolute atomic E-state index is 0.0758. The first-order valence-electron chi connectivity index (χ1n) is 9.77. The van der Waals surface area contributed by atoms with Crippen LogP contribution in [0.2, 0.25) is 0 Å². The third-order valence-corrected chi connectivity index (χ3v) is 8.02. The second-order valence-corrected chi connectivity index (χ2v) is 10.2. The molecule has 0 N–H and O–H groups in total. The highest BCUT2D eigenvalue weighted by Crippen LogP contribution is 2.40. The van der Waals surface area contributed by atoms with E-state index in [0.717, 1.165) is 38.5 Å². The Labute approximate surface area is 162 Å². The van der Waals surface area contributed by atoms with Crippen LogP contribution >= 0.6 is 0 Å². The summed E-state index contributed by atoms with van der Waals surface area (Å²) in [4.78, 5) is 2.28.